The average Bonchev–Trinajstić information content (AvgIpc) is 2.80. The molecule has 2 heteroatoms. The molecule has 86 valence electrons. The van der Waals surface area contributed by atoms with E-state index in [1.165, 1.54) is 24.8 Å². The van der Waals surface area contributed by atoms with Gasteiger partial charge in [-0.15, -0.1) is 0 Å². The molecule has 1 saturated carbocycles. The second kappa shape index (κ2) is 4.56. The zero-order valence-electron chi connectivity index (χ0n) is 9.64. The lowest BCUT2D eigenvalue weighted by Gasteiger charge is -2.37. The minimum absolute atomic E-state index is 0.772. The number of hydrogen-bond donors (Lipinski definition) is 0. The van der Waals surface area contributed by atoms with Crippen LogP contribution >= 0.6 is 0 Å². The monoisotopic (exact) mass is 217 g/mol. The Balaban J connectivity index is 1.70. The number of nitrogens with zero attached hydrogens (tertiary/aromatic N) is 1. The number of hydrogen-bond acceptors (Lipinski definition) is 2. The van der Waals surface area contributed by atoms with E-state index in [2.05, 4.69) is 35.2 Å². The molecule has 1 aliphatic carbocycles. The van der Waals surface area contributed by atoms with Crippen LogP contribution in [0.5, 0.6) is 0 Å². The smallest absolute Gasteiger partial charge is 0.0995 e. The predicted molar refractivity (Wildman–Crippen MR) is 63.9 cm³/mol. The fourth-order valence-electron chi connectivity index (χ4n) is 3.09. The Labute approximate surface area is 97.2 Å². The van der Waals surface area contributed by atoms with Crippen molar-refractivity contribution in [2.45, 2.75) is 31.8 Å². The first-order valence-electron chi connectivity index (χ1n) is 6.29. The highest BCUT2D eigenvalue weighted by atomic mass is 16.5. The SMILES string of the molecule is c1ccc(CN2COC[C@H]3CCC[C@@H]32)cc1. The molecule has 1 saturated heterocycles. The van der Waals surface area contributed by atoms with Gasteiger partial charge in [-0.1, -0.05) is 36.8 Å². The van der Waals surface area contributed by atoms with Gasteiger partial charge in [-0.05, 0) is 24.3 Å². The van der Waals surface area contributed by atoms with Crippen molar-refractivity contribution in [3.63, 3.8) is 0 Å². The Morgan fingerprint density at radius 2 is 2.06 bits per heavy atom. The van der Waals surface area contributed by atoms with E-state index in [0.717, 1.165) is 31.8 Å². The summed E-state index contributed by atoms with van der Waals surface area (Å²) in [6.07, 6.45) is 4.10. The molecule has 0 unspecified atom stereocenters. The van der Waals surface area contributed by atoms with Gasteiger partial charge in [-0.2, -0.15) is 0 Å². The zero-order chi connectivity index (χ0) is 10.8. The molecule has 0 amide bonds. The maximum absolute atomic E-state index is 5.69. The van der Waals surface area contributed by atoms with Crippen molar-refractivity contribution < 1.29 is 4.74 Å². The Morgan fingerprint density at radius 3 is 2.94 bits per heavy atom. The zero-order valence-corrected chi connectivity index (χ0v) is 9.64. The molecule has 16 heavy (non-hydrogen) atoms. The van der Waals surface area contributed by atoms with Crippen LogP contribution in [0.4, 0.5) is 0 Å². The van der Waals surface area contributed by atoms with Crippen LogP contribution in [0.2, 0.25) is 0 Å². The van der Waals surface area contributed by atoms with E-state index in [0.29, 0.717) is 0 Å². The lowest BCUT2D eigenvalue weighted by Crippen LogP contribution is -2.45. The van der Waals surface area contributed by atoms with Crippen molar-refractivity contribution in [3.8, 4) is 0 Å². The van der Waals surface area contributed by atoms with Gasteiger partial charge in [0.25, 0.3) is 0 Å². The van der Waals surface area contributed by atoms with Crippen LogP contribution in [0, 0.1) is 5.92 Å². The summed E-state index contributed by atoms with van der Waals surface area (Å²) < 4.78 is 5.69. The Morgan fingerprint density at radius 1 is 1.19 bits per heavy atom. The van der Waals surface area contributed by atoms with Gasteiger partial charge in [-0.25, -0.2) is 0 Å². The van der Waals surface area contributed by atoms with Crippen LogP contribution in [0.25, 0.3) is 0 Å². The Hall–Kier alpha value is -0.860. The fraction of sp³-hybridized carbons (Fsp3) is 0.571. The van der Waals surface area contributed by atoms with Crippen molar-refractivity contribution in [1.29, 1.82) is 0 Å². The highest BCUT2D eigenvalue weighted by Crippen LogP contribution is 2.33. The van der Waals surface area contributed by atoms with Crippen LogP contribution in [0.1, 0.15) is 24.8 Å². The number of ether oxygens (including phenoxy) is 1. The molecule has 2 nitrogen and oxygen atoms in total. The largest absolute Gasteiger partial charge is 0.366 e. The Kier molecular flexibility index (Phi) is 2.94. The standard InChI is InChI=1S/C14H19NO/c1-2-5-12(6-3-1)9-15-11-16-10-13-7-4-8-14(13)15/h1-3,5-6,13-14H,4,7-11H2/t13-,14+/m1/s1. The average molecular weight is 217 g/mol. The quantitative estimate of drug-likeness (QED) is 0.755. The Bertz CT molecular complexity index is 338. The van der Waals surface area contributed by atoms with E-state index in [1.54, 1.807) is 0 Å². The van der Waals surface area contributed by atoms with Crippen LogP contribution in [-0.2, 0) is 11.3 Å². The second-order valence-corrected chi connectivity index (χ2v) is 4.99. The molecule has 0 radical (unpaired) electrons. The first-order valence-corrected chi connectivity index (χ1v) is 6.29. The molecule has 0 aromatic heterocycles. The van der Waals surface area contributed by atoms with Crippen molar-refractivity contribution in [2.75, 3.05) is 13.3 Å². The van der Waals surface area contributed by atoms with Gasteiger partial charge in [0.2, 0.25) is 0 Å². The first-order chi connectivity index (χ1) is 7.93. The van der Waals surface area contributed by atoms with Crippen molar-refractivity contribution in [1.82, 2.24) is 4.90 Å². The van der Waals surface area contributed by atoms with Gasteiger partial charge in [0.05, 0.1) is 13.3 Å². The molecular formula is C14H19NO. The minimum atomic E-state index is 0.772. The first kappa shape index (κ1) is 10.3. The fourth-order valence-corrected chi connectivity index (χ4v) is 3.09. The molecule has 1 aromatic rings. The van der Waals surface area contributed by atoms with E-state index in [-0.39, 0.29) is 0 Å². The topological polar surface area (TPSA) is 12.5 Å². The van der Waals surface area contributed by atoms with E-state index >= 15 is 0 Å². The number of benzene rings is 1. The molecule has 1 heterocycles. The molecule has 0 spiro atoms. The van der Waals surface area contributed by atoms with E-state index < -0.39 is 0 Å². The summed E-state index contributed by atoms with van der Waals surface area (Å²) in [6, 6.07) is 11.5. The van der Waals surface area contributed by atoms with Gasteiger partial charge in [0.15, 0.2) is 0 Å². The summed E-state index contributed by atoms with van der Waals surface area (Å²) in [5, 5.41) is 0. The molecule has 0 N–H and O–H groups in total. The third-order valence-electron chi connectivity index (χ3n) is 3.91. The summed E-state index contributed by atoms with van der Waals surface area (Å²) in [7, 11) is 0. The lowest BCUT2D eigenvalue weighted by atomic mass is 10.0. The summed E-state index contributed by atoms with van der Waals surface area (Å²) >= 11 is 0. The maximum Gasteiger partial charge on any atom is 0.0995 e. The highest BCUT2D eigenvalue weighted by molar-refractivity contribution is 5.14. The summed E-state index contributed by atoms with van der Waals surface area (Å²) in [5.41, 5.74) is 1.40. The predicted octanol–water partition coefficient (Wildman–Crippen LogP) is 2.65. The van der Waals surface area contributed by atoms with Crippen molar-refractivity contribution in [3.05, 3.63) is 35.9 Å². The van der Waals surface area contributed by atoms with Crippen LogP contribution in [0.3, 0.4) is 0 Å². The molecular weight excluding hydrogens is 198 g/mol. The van der Waals surface area contributed by atoms with E-state index in [1.807, 2.05) is 0 Å². The normalized spacial score (nSPS) is 30.2. The van der Waals surface area contributed by atoms with Gasteiger partial charge in [0, 0.05) is 12.6 Å². The van der Waals surface area contributed by atoms with Crippen LogP contribution in [0.15, 0.2) is 30.3 Å². The third kappa shape index (κ3) is 2.00. The van der Waals surface area contributed by atoms with Crippen molar-refractivity contribution in [2.24, 2.45) is 5.92 Å². The highest BCUT2D eigenvalue weighted by Gasteiger charge is 2.35. The molecule has 2 atom stereocenters. The minimum Gasteiger partial charge on any atom is -0.366 e. The molecule has 1 aromatic carbocycles. The summed E-state index contributed by atoms with van der Waals surface area (Å²) in [5.74, 6) is 0.789. The van der Waals surface area contributed by atoms with Gasteiger partial charge in [0.1, 0.15) is 0 Å². The van der Waals surface area contributed by atoms with E-state index in [4.69, 9.17) is 4.74 Å². The van der Waals surface area contributed by atoms with Gasteiger partial charge >= 0.3 is 0 Å². The van der Waals surface area contributed by atoms with Crippen molar-refractivity contribution >= 4 is 0 Å². The van der Waals surface area contributed by atoms with Gasteiger partial charge in [-0.3, -0.25) is 4.90 Å². The second-order valence-electron chi connectivity index (χ2n) is 4.99. The molecule has 0 bridgehead atoms. The third-order valence-corrected chi connectivity index (χ3v) is 3.91. The molecule has 3 rings (SSSR count). The van der Waals surface area contributed by atoms with Crippen LogP contribution < -0.4 is 0 Å². The van der Waals surface area contributed by atoms with E-state index in [9.17, 15) is 0 Å². The number of fused-ring (bicyclic) bond motifs is 1. The molecule has 2 aliphatic rings. The summed E-state index contributed by atoms with van der Waals surface area (Å²) in [4.78, 5) is 2.51. The van der Waals surface area contributed by atoms with Gasteiger partial charge < -0.3 is 4.74 Å². The molecule has 2 fully saturated rings. The van der Waals surface area contributed by atoms with Crippen LogP contribution in [-0.4, -0.2) is 24.3 Å². The number of rotatable bonds is 2. The maximum atomic E-state index is 5.69. The summed E-state index contributed by atoms with van der Waals surface area (Å²) in [6.45, 7) is 2.84. The lowest BCUT2D eigenvalue weighted by molar-refractivity contribution is -0.0772. The molecule has 1 aliphatic heterocycles.